The number of ether oxygens (including phenoxy) is 2. The molecule has 194 valence electrons. The number of non-ortho nitro benzene ring substituents is 1. The van der Waals surface area contributed by atoms with E-state index >= 15 is 0 Å². The highest BCUT2D eigenvalue weighted by Crippen LogP contribution is 2.36. The van der Waals surface area contributed by atoms with Crippen molar-refractivity contribution in [3.63, 3.8) is 0 Å². The quantitative estimate of drug-likeness (QED) is 0.119. The number of hydrogen-bond acceptors (Lipinski definition) is 7. The van der Waals surface area contributed by atoms with Crippen LogP contribution < -0.4 is 19.7 Å². The van der Waals surface area contributed by atoms with Crippen LogP contribution in [0.2, 0.25) is 5.02 Å². The molecule has 4 rings (SSSR count). The van der Waals surface area contributed by atoms with E-state index in [1.165, 1.54) is 31.4 Å². The minimum atomic E-state index is -0.876. The van der Waals surface area contributed by atoms with Crippen molar-refractivity contribution in [2.75, 3.05) is 12.0 Å². The molecule has 0 aromatic heterocycles. The predicted molar refractivity (Wildman–Crippen MR) is 148 cm³/mol. The molecule has 0 aliphatic carbocycles. The molecule has 0 atom stereocenters. The lowest BCUT2D eigenvalue weighted by Gasteiger charge is -2.26. The van der Waals surface area contributed by atoms with Crippen molar-refractivity contribution >= 4 is 69.5 Å². The molecular formula is C26H19ClIN3O7. The number of benzene rings is 3. The van der Waals surface area contributed by atoms with E-state index in [4.69, 9.17) is 21.1 Å². The average Bonchev–Trinajstić information content (AvgIpc) is 2.87. The van der Waals surface area contributed by atoms with Gasteiger partial charge < -0.3 is 9.47 Å². The zero-order valence-electron chi connectivity index (χ0n) is 20.0. The molecule has 1 N–H and O–H groups in total. The third-order valence-electron chi connectivity index (χ3n) is 5.61. The Labute approximate surface area is 235 Å². The molecule has 1 heterocycles. The fourth-order valence-corrected chi connectivity index (χ4v) is 4.57. The summed E-state index contributed by atoms with van der Waals surface area (Å²) in [7, 11) is 1.45. The number of carbonyl (C=O) groups is 3. The third kappa shape index (κ3) is 5.63. The fraction of sp³-hybridized carbons (Fsp3) is 0.115. The number of nitro benzene ring substituents is 1. The van der Waals surface area contributed by atoms with Gasteiger partial charge in [-0.15, -0.1) is 0 Å². The van der Waals surface area contributed by atoms with Crippen LogP contribution in [0.15, 0.2) is 60.2 Å². The first kappa shape index (κ1) is 27.1. The standard InChI is InChI=1S/C26H19ClIN3O7/c1-14-3-6-18(12-20(14)27)30-25(33)19(24(32)29-26(30)34)9-16-10-21(28)23(22(11-16)37-2)38-13-15-4-7-17(8-5-15)31(35)36/h3-12H,13H2,1-2H3,(H,29,32,34)/b19-9-. The Hall–Kier alpha value is -3.97. The highest BCUT2D eigenvalue weighted by Gasteiger charge is 2.37. The Morgan fingerprint density at radius 3 is 2.45 bits per heavy atom. The van der Waals surface area contributed by atoms with Gasteiger partial charge >= 0.3 is 6.03 Å². The highest BCUT2D eigenvalue weighted by atomic mass is 127. The molecule has 0 saturated carbocycles. The number of hydrogen-bond donors (Lipinski definition) is 1. The van der Waals surface area contributed by atoms with Crippen LogP contribution in [0.4, 0.5) is 16.2 Å². The molecule has 1 fully saturated rings. The smallest absolute Gasteiger partial charge is 0.335 e. The number of barbiturate groups is 1. The van der Waals surface area contributed by atoms with Crippen LogP contribution in [0, 0.1) is 20.6 Å². The fourth-order valence-electron chi connectivity index (χ4n) is 3.61. The average molecular weight is 648 g/mol. The van der Waals surface area contributed by atoms with E-state index in [0.717, 1.165) is 10.5 Å². The van der Waals surface area contributed by atoms with Crippen LogP contribution in [-0.2, 0) is 16.2 Å². The zero-order chi connectivity index (χ0) is 27.6. The molecule has 1 aliphatic heterocycles. The van der Waals surface area contributed by atoms with E-state index < -0.39 is 22.8 Å². The van der Waals surface area contributed by atoms with E-state index in [1.807, 2.05) is 22.6 Å². The first-order chi connectivity index (χ1) is 18.1. The molecule has 3 aromatic carbocycles. The number of amides is 4. The SMILES string of the molecule is COc1cc(/C=C2/C(=O)NC(=O)N(c3ccc(C)c(Cl)c3)C2=O)cc(I)c1OCc1ccc([N+](=O)[O-])cc1. The summed E-state index contributed by atoms with van der Waals surface area (Å²) in [5.41, 5.74) is 1.89. The van der Waals surface area contributed by atoms with Crippen LogP contribution in [0.5, 0.6) is 11.5 Å². The van der Waals surface area contributed by atoms with Crippen LogP contribution >= 0.6 is 34.2 Å². The van der Waals surface area contributed by atoms with Gasteiger partial charge in [0, 0.05) is 17.2 Å². The summed E-state index contributed by atoms with van der Waals surface area (Å²) in [6.45, 7) is 1.91. The van der Waals surface area contributed by atoms with Crippen molar-refractivity contribution in [1.82, 2.24) is 5.32 Å². The van der Waals surface area contributed by atoms with E-state index in [2.05, 4.69) is 5.32 Å². The molecule has 4 amide bonds. The van der Waals surface area contributed by atoms with Gasteiger partial charge in [0.25, 0.3) is 17.5 Å². The number of imide groups is 2. The number of rotatable bonds is 7. The number of aryl methyl sites for hydroxylation is 1. The number of methoxy groups -OCH3 is 1. The number of nitrogens with one attached hydrogen (secondary N) is 1. The summed E-state index contributed by atoms with van der Waals surface area (Å²) in [6, 6.07) is 13.1. The van der Waals surface area contributed by atoms with Crippen molar-refractivity contribution in [3.8, 4) is 11.5 Å². The number of anilines is 1. The van der Waals surface area contributed by atoms with Gasteiger partial charge in [0.2, 0.25) is 0 Å². The molecule has 3 aromatic rings. The van der Waals surface area contributed by atoms with Crippen LogP contribution in [-0.4, -0.2) is 29.9 Å². The van der Waals surface area contributed by atoms with E-state index in [9.17, 15) is 24.5 Å². The predicted octanol–water partition coefficient (Wildman–Crippen LogP) is 5.42. The second kappa shape index (κ2) is 11.2. The zero-order valence-corrected chi connectivity index (χ0v) is 22.9. The Kier molecular flexibility index (Phi) is 7.97. The Morgan fingerprint density at radius 1 is 1.11 bits per heavy atom. The van der Waals surface area contributed by atoms with Gasteiger partial charge in [0.1, 0.15) is 12.2 Å². The summed E-state index contributed by atoms with van der Waals surface area (Å²) in [5, 5.41) is 13.4. The first-order valence-corrected chi connectivity index (χ1v) is 12.5. The van der Waals surface area contributed by atoms with Crippen molar-refractivity contribution < 1.29 is 28.8 Å². The molecule has 0 radical (unpaired) electrons. The number of carbonyl (C=O) groups excluding carboxylic acids is 3. The summed E-state index contributed by atoms with van der Waals surface area (Å²) in [5.74, 6) is -0.875. The van der Waals surface area contributed by atoms with Gasteiger partial charge in [-0.3, -0.25) is 25.0 Å². The van der Waals surface area contributed by atoms with E-state index in [0.29, 0.717) is 31.2 Å². The van der Waals surface area contributed by atoms with Crippen molar-refractivity contribution in [3.05, 3.63) is 95.6 Å². The van der Waals surface area contributed by atoms with Gasteiger partial charge in [0.15, 0.2) is 11.5 Å². The lowest BCUT2D eigenvalue weighted by molar-refractivity contribution is -0.384. The minimum Gasteiger partial charge on any atom is -0.493 e. The maximum absolute atomic E-state index is 13.2. The van der Waals surface area contributed by atoms with E-state index in [-0.39, 0.29) is 23.6 Å². The third-order valence-corrected chi connectivity index (χ3v) is 6.82. The molecule has 1 saturated heterocycles. The van der Waals surface area contributed by atoms with E-state index in [1.54, 1.807) is 43.3 Å². The molecule has 38 heavy (non-hydrogen) atoms. The summed E-state index contributed by atoms with van der Waals surface area (Å²) in [6.07, 6.45) is 1.36. The van der Waals surface area contributed by atoms with Gasteiger partial charge in [0.05, 0.1) is 21.3 Å². The number of urea groups is 1. The van der Waals surface area contributed by atoms with Crippen molar-refractivity contribution in [2.45, 2.75) is 13.5 Å². The second-order valence-corrected chi connectivity index (χ2v) is 9.71. The summed E-state index contributed by atoms with van der Waals surface area (Å²) >= 11 is 8.20. The molecule has 10 nitrogen and oxygen atoms in total. The van der Waals surface area contributed by atoms with Crippen LogP contribution in [0.25, 0.3) is 6.08 Å². The Bertz CT molecular complexity index is 1510. The largest absolute Gasteiger partial charge is 0.493 e. The lowest BCUT2D eigenvalue weighted by Crippen LogP contribution is -2.54. The molecule has 0 spiro atoms. The summed E-state index contributed by atoms with van der Waals surface area (Å²) < 4.78 is 12.0. The van der Waals surface area contributed by atoms with Crippen LogP contribution in [0.3, 0.4) is 0 Å². The van der Waals surface area contributed by atoms with Gasteiger partial charge in [-0.05, 0) is 88.7 Å². The lowest BCUT2D eigenvalue weighted by atomic mass is 10.1. The maximum atomic E-state index is 13.2. The highest BCUT2D eigenvalue weighted by molar-refractivity contribution is 14.1. The van der Waals surface area contributed by atoms with Crippen LogP contribution in [0.1, 0.15) is 16.7 Å². The summed E-state index contributed by atoms with van der Waals surface area (Å²) in [4.78, 5) is 49.5. The number of nitro groups is 1. The number of halogens is 2. The van der Waals surface area contributed by atoms with Gasteiger partial charge in [-0.1, -0.05) is 17.7 Å². The number of nitrogens with zero attached hydrogens (tertiary/aromatic N) is 2. The van der Waals surface area contributed by atoms with Gasteiger partial charge in [-0.25, -0.2) is 9.69 Å². The minimum absolute atomic E-state index is 0.0228. The molecule has 0 unspecified atom stereocenters. The van der Waals surface area contributed by atoms with Gasteiger partial charge in [-0.2, -0.15) is 0 Å². The molecular weight excluding hydrogens is 629 g/mol. The normalized spacial score (nSPS) is 14.5. The first-order valence-electron chi connectivity index (χ1n) is 11.0. The second-order valence-electron chi connectivity index (χ2n) is 8.14. The molecule has 12 heteroatoms. The molecule has 1 aliphatic rings. The Balaban J connectivity index is 1.61. The Morgan fingerprint density at radius 2 is 1.82 bits per heavy atom. The van der Waals surface area contributed by atoms with Crippen molar-refractivity contribution in [2.24, 2.45) is 0 Å². The monoisotopic (exact) mass is 647 g/mol. The topological polar surface area (TPSA) is 128 Å². The molecule has 0 bridgehead atoms. The van der Waals surface area contributed by atoms with Crippen molar-refractivity contribution in [1.29, 1.82) is 0 Å². The maximum Gasteiger partial charge on any atom is 0.335 e.